The highest BCUT2D eigenvalue weighted by atomic mass is 14.9. The van der Waals surface area contributed by atoms with Gasteiger partial charge >= 0.3 is 0 Å². The van der Waals surface area contributed by atoms with Gasteiger partial charge in [-0.15, -0.1) is 0 Å². The summed E-state index contributed by atoms with van der Waals surface area (Å²) < 4.78 is 0. The molecule has 0 spiro atoms. The minimum Gasteiger partial charge on any atom is -0.314 e. The van der Waals surface area contributed by atoms with Crippen molar-refractivity contribution in [3.05, 3.63) is 35.4 Å². The second-order valence-corrected chi connectivity index (χ2v) is 5.98. The SMILES string of the molecule is CCCCCCc1ccc(CC2CCCCN2)cc1. The van der Waals surface area contributed by atoms with Crippen LogP contribution in [0, 0.1) is 0 Å². The molecule has 1 saturated heterocycles. The highest BCUT2D eigenvalue weighted by Crippen LogP contribution is 2.14. The van der Waals surface area contributed by atoms with Crippen LogP contribution in [-0.2, 0) is 12.8 Å². The van der Waals surface area contributed by atoms with Crippen LogP contribution in [0.4, 0.5) is 0 Å². The van der Waals surface area contributed by atoms with E-state index in [2.05, 4.69) is 36.5 Å². The van der Waals surface area contributed by atoms with Crippen LogP contribution < -0.4 is 5.32 Å². The molecule has 106 valence electrons. The Morgan fingerprint density at radius 1 is 1.00 bits per heavy atom. The van der Waals surface area contributed by atoms with Crippen LogP contribution in [0.1, 0.15) is 63.0 Å². The van der Waals surface area contributed by atoms with Crippen molar-refractivity contribution in [3.63, 3.8) is 0 Å². The van der Waals surface area contributed by atoms with Gasteiger partial charge in [0.2, 0.25) is 0 Å². The molecule has 0 amide bonds. The van der Waals surface area contributed by atoms with Crippen LogP contribution in [0.2, 0.25) is 0 Å². The minimum absolute atomic E-state index is 0.712. The standard InChI is InChI=1S/C18H29N/c1-2-3-4-5-8-16-10-12-17(13-11-16)15-18-9-6-7-14-19-18/h10-13,18-19H,2-9,14-15H2,1H3. The summed E-state index contributed by atoms with van der Waals surface area (Å²) in [7, 11) is 0. The van der Waals surface area contributed by atoms with E-state index in [0.29, 0.717) is 6.04 Å². The number of hydrogen-bond donors (Lipinski definition) is 1. The first-order valence-electron chi connectivity index (χ1n) is 8.19. The van der Waals surface area contributed by atoms with Crippen LogP contribution in [0.3, 0.4) is 0 Å². The number of unbranched alkanes of at least 4 members (excludes halogenated alkanes) is 3. The third-order valence-corrected chi connectivity index (χ3v) is 4.24. The first kappa shape index (κ1) is 14.6. The summed E-state index contributed by atoms with van der Waals surface area (Å²) in [6.45, 7) is 3.48. The maximum Gasteiger partial charge on any atom is 0.0107 e. The van der Waals surface area contributed by atoms with Gasteiger partial charge in [-0.2, -0.15) is 0 Å². The topological polar surface area (TPSA) is 12.0 Å². The highest BCUT2D eigenvalue weighted by molar-refractivity contribution is 5.23. The molecule has 19 heavy (non-hydrogen) atoms. The van der Waals surface area contributed by atoms with E-state index >= 15 is 0 Å². The van der Waals surface area contributed by atoms with Gasteiger partial charge in [0.15, 0.2) is 0 Å². The molecule has 1 fully saturated rings. The van der Waals surface area contributed by atoms with E-state index in [0.717, 1.165) is 0 Å². The average Bonchev–Trinajstić information content (AvgIpc) is 2.46. The number of benzene rings is 1. The average molecular weight is 259 g/mol. The molecule has 0 aromatic heterocycles. The zero-order valence-corrected chi connectivity index (χ0v) is 12.5. The van der Waals surface area contributed by atoms with E-state index in [1.165, 1.54) is 75.5 Å². The lowest BCUT2D eigenvalue weighted by Gasteiger charge is -2.23. The van der Waals surface area contributed by atoms with E-state index in [-0.39, 0.29) is 0 Å². The second kappa shape index (κ2) is 8.37. The summed E-state index contributed by atoms with van der Waals surface area (Å²) in [5, 5.41) is 3.63. The first-order chi connectivity index (χ1) is 9.38. The summed E-state index contributed by atoms with van der Waals surface area (Å²) in [6.07, 6.45) is 12.0. The van der Waals surface area contributed by atoms with Crippen LogP contribution in [-0.4, -0.2) is 12.6 Å². The largest absolute Gasteiger partial charge is 0.314 e. The van der Waals surface area contributed by atoms with Crippen molar-refractivity contribution >= 4 is 0 Å². The molecule has 0 saturated carbocycles. The molecule has 0 bridgehead atoms. The fraction of sp³-hybridized carbons (Fsp3) is 0.667. The van der Waals surface area contributed by atoms with Gasteiger partial charge in [0.25, 0.3) is 0 Å². The Kier molecular flexibility index (Phi) is 6.43. The summed E-state index contributed by atoms with van der Waals surface area (Å²) in [6, 6.07) is 10.1. The molecule has 0 radical (unpaired) electrons. The highest BCUT2D eigenvalue weighted by Gasteiger charge is 2.12. The molecule has 1 heteroatoms. The molecule has 1 aliphatic heterocycles. The van der Waals surface area contributed by atoms with Gasteiger partial charge < -0.3 is 5.32 Å². The predicted octanol–water partition coefficient (Wildman–Crippen LogP) is 4.49. The van der Waals surface area contributed by atoms with E-state index in [1.807, 2.05) is 0 Å². The lowest BCUT2D eigenvalue weighted by molar-refractivity contribution is 0.399. The molecule has 1 unspecified atom stereocenters. The van der Waals surface area contributed by atoms with Gasteiger partial charge in [-0.3, -0.25) is 0 Å². The van der Waals surface area contributed by atoms with Crippen molar-refractivity contribution in [2.24, 2.45) is 0 Å². The van der Waals surface area contributed by atoms with E-state index < -0.39 is 0 Å². The summed E-state index contributed by atoms with van der Waals surface area (Å²) in [4.78, 5) is 0. The van der Waals surface area contributed by atoms with Crippen LogP contribution in [0.25, 0.3) is 0 Å². The van der Waals surface area contributed by atoms with Crippen LogP contribution >= 0.6 is 0 Å². The maximum atomic E-state index is 3.63. The molecule has 1 heterocycles. The van der Waals surface area contributed by atoms with Crippen molar-refractivity contribution in [3.8, 4) is 0 Å². The third kappa shape index (κ3) is 5.36. The quantitative estimate of drug-likeness (QED) is 0.711. The molecule has 1 atom stereocenters. The fourth-order valence-corrected chi connectivity index (χ4v) is 2.98. The Labute approximate surface area is 118 Å². The van der Waals surface area contributed by atoms with Crippen LogP contribution in [0.5, 0.6) is 0 Å². The van der Waals surface area contributed by atoms with Gasteiger partial charge in [-0.05, 0) is 49.8 Å². The van der Waals surface area contributed by atoms with E-state index in [9.17, 15) is 0 Å². The number of piperidine rings is 1. The molecule has 2 rings (SSSR count). The Balaban J connectivity index is 1.74. The van der Waals surface area contributed by atoms with Gasteiger partial charge in [0.05, 0.1) is 0 Å². The lowest BCUT2D eigenvalue weighted by atomic mass is 9.96. The molecule has 0 aliphatic carbocycles. The first-order valence-corrected chi connectivity index (χ1v) is 8.19. The second-order valence-electron chi connectivity index (χ2n) is 5.98. The molecular weight excluding hydrogens is 230 g/mol. The molecule has 1 aromatic rings. The van der Waals surface area contributed by atoms with Crippen molar-refractivity contribution in [2.45, 2.75) is 70.8 Å². The summed E-state index contributed by atoms with van der Waals surface area (Å²) >= 11 is 0. The zero-order valence-electron chi connectivity index (χ0n) is 12.5. The van der Waals surface area contributed by atoms with Crippen molar-refractivity contribution in [2.75, 3.05) is 6.54 Å². The molecule has 1 aliphatic rings. The Hall–Kier alpha value is -0.820. The minimum atomic E-state index is 0.712. The lowest BCUT2D eigenvalue weighted by Crippen LogP contribution is -2.35. The van der Waals surface area contributed by atoms with Gasteiger partial charge in [0.1, 0.15) is 0 Å². The summed E-state index contributed by atoms with van der Waals surface area (Å²) in [5.41, 5.74) is 3.01. The van der Waals surface area contributed by atoms with E-state index in [4.69, 9.17) is 0 Å². The molecule has 1 nitrogen and oxygen atoms in total. The fourth-order valence-electron chi connectivity index (χ4n) is 2.98. The number of hydrogen-bond acceptors (Lipinski definition) is 1. The van der Waals surface area contributed by atoms with E-state index in [1.54, 1.807) is 0 Å². The van der Waals surface area contributed by atoms with Crippen LogP contribution in [0.15, 0.2) is 24.3 Å². The predicted molar refractivity (Wildman–Crippen MR) is 83.6 cm³/mol. The Morgan fingerprint density at radius 2 is 1.79 bits per heavy atom. The smallest absolute Gasteiger partial charge is 0.0107 e. The maximum absolute atomic E-state index is 3.63. The van der Waals surface area contributed by atoms with Crippen molar-refractivity contribution in [1.29, 1.82) is 0 Å². The van der Waals surface area contributed by atoms with Gasteiger partial charge in [0, 0.05) is 6.04 Å². The van der Waals surface area contributed by atoms with Gasteiger partial charge in [-0.25, -0.2) is 0 Å². The monoisotopic (exact) mass is 259 g/mol. The molecule has 1 N–H and O–H groups in total. The Bertz CT molecular complexity index is 335. The van der Waals surface area contributed by atoms with Crippen molar-refractivity contribution in [1.82, 2.24) is 5.32 Å². The molecular formula is C18H29N. The van der Waals surface area contributed by atoms with Gasteiger partial charge in [-0.1, -0.05) is 56.9 Å². The number of nitrogens with one attached hydrogen (secondary N) is 1. The zero-order chi connectivity index (χ0) is 13.3. The van der Waals surface area contributed by atoms with Crippen molar-refractivity contribution < 1.29 is 0 Å². The number of rotatable bonds is 7. The normalized spacial score (nSPS) is 19.5. The summed E-state index contributed by atoms with van der Waals surface area (Å²) in [5.74, 6) is 0. The number of aryl methyl sites for hydroxylation is 1. The molecule has 1 aromatic carbocycles. The Morgan fingerprint density at radius 3 is 2.47 bits per heavy atom. The third-order valence-electron chi connectivity index (χ3n) is 4.24.